The largest absolute Gasteiger partial charge is 0.455 e. The summed E-state index contributed by atoms with van der Waals surface area (Å²) in [6, 6.07) is 18.2. The van der Waals surface area contributed by atoms with Gasteiger partial charge in [0.15, 0.2) is 6.20 Å². The summed E-state index contributed by atoms with van der Waals surface area (Å²) in [5.74, 6) is 2.01. The highest BCUT2D eigenvalue weighted by Gasteiger charge is 2.34. The standard InChI is InChI=1S/C36H40NO/c1-21-13-14-25-22(2)30-33-32-26(15-16-37(33)9)31-23(11-10-12-24(31)19-35(3,4)5)18-29(32)38-34(30)28(27(25)17-21)20-36(6,7)8/h10-18H,19-20H2,1-9H3/q+1. The molecule has 0 aliphatic carbocycles. The first-order valence-corrected chi connectivity index (χ1v) is 13.9. The molecule has 0 atom stereocenters. The minimum absolute atomic E-state index is 0.128. The summed E-state index contributed by atoms with van der Waals surface area (Å²) in [6.07, 6.45) is 4.23. The molecule has 0 amide bonds. The van der Waals surface area contributed by atoms with Crippen LogP contribution in [0.5, 0.6) is 11.5 Å². The lowest BCUT2D eigenvalue weighted by molar-refractivity contribution is -0.659. The molecular formula is C36H40NO+. The third-order valence-corrected chi connectivity index (χ3v) is 7.97. The van der Waals surface area contributed by atoms with E-state index < -0.39 is 0 Å². The zero-order valence-electron chi connectivity index (χ0n) is 24.5. The fourth-order valence-corrected chi connectivity index (χ4v) is 6.52. The Morgan fingerprint density at radius 3 is 2.21 bits per heavy atom. The Morgan fingerprint density at radius 2 is 1.50 bits per heavy atom. The fourth-order valence-electron chi connectivity index (χ4n) is 6.52. The molecule has 38 heavy (non-hydrogen) atoms. The Kier molecular flexibility index (Phi) is 5.44. The van der Waals surface area contributed by atoms with Crippen molar-refractivity contribution < 1.29 is 9.30 Å². The average Bonchev–Trinajstić information content (AvgIpc) is 2.81. The van der Waals surface area contributed by atoms with Crippen LogP contribution in [0.4, 0.5) is 0 Å². The lowest BCUT2D eigenvalue weighted by Crippen LogP contribution is -2.32. The molecule has 2 heteroatoms. The van der Waals surface area contributed by atoms with E-state index in [0.29, 0.717) is 0 Å². The molecule has 4 aromatic carbocycles. The second-order valence-corrected chi connectivity index (χ2v) is 13.9. The molecule has 0 radical (unpaired) electrons. The van der Waals surface area contributed by atoms with Crippen molar-refractivity contribution in [2.24, 2.45) is 17.9 Å². The van der Waals surface area contributed by atoms with Gasteiger partial charge in [0.05, 0.1) is 10.9 Å². The summed E-state index contributed by atoms with van der Waals surface area (Å²) in [4.78, 5) is 0. The van der Waals surface area contributed by atoms with E-state index in [4.69, 9.17) is 4.74 Å². The number of ether oxygens (including phenoxy) is 1. The Labute approximate surface area is 227 Å². The van der Waals surface area contributed by atoms with Crippen molar-refractivity contribution in [1.29, 1.82) is 0 Å². The molecule has 0 unspecified atom stereocenters. The second-order valence-electron chi connectivity index (χ2n) is 13.9. The van der Waals surface area contributed by atoms with Gasteiger partial charge in [-0.2, -0.15) is 0 Å². The maximum absolute atomic E-state index is 7.05. The van der Waals surface area contributed by atoms with Crippen LogP contribution in [-0.4, -0.2) is 0 Å². The Hall–Kier alpha value is -3.39. The number of hydrogen-bond acceptors (Lipinski definition) is 1. The fraction of sp³-hybridized carbons (Fsp3) is 0.361. The van der Waals surface area contributed by atoms with E-state index in [-0.39, 0.29) is 10.8 Å². The zero-order chi connectivity index (χ0) is 27.1. The van der Waals surface area contributed by atoms with Crippen LogP contribution < -0.4 is 9.30 Å². The molecule has 194 valence electrons. The first kappa shape index (κ1) is 24.9. The molecule has 2 heterocycles. The smallest absolute Gasteiger partial charge is 0.228 e. The van der Waals surface area contributed by atoms with Crippen LogP contribution in [0.3, 0.4) is 0 Å². The quantitative estimate of drug-likeness (QED) is 0.170. The van der Waals surface area contributed by atoms with Gasteiger partial charge in [-0.05, 0) is 76.3 Å². The van der Waals surface area contributed by atoms with Gasteiger partial charge in [0, 0.05) is 17.0 Å². The highest BCUT2D eigenvalue weighted by atomic mass is 16.5. The van der Waals surface area contributed by atoms with Crippen LogP contribution >= 0.6 is 0 Å². The van der Waals surface area contributed by atoms with Crippen LogP contribution in [-0.2, 0) is 19.9 Å². The van der Waals surface area contributed by atoms with Gasteiger partial charge < -0.3 is 4.74 Å². The summed E-state index contributed by atoms with van der Waals surface area (Å²) in [5, 5.41) is 7.78. The van der Waals surface area contributed by atoms with Crippen LogP contribution in [0.1, 0.15) is 63.8 Å². The maximum Gasteiger partial charge on any atom is 0.228 e. The highest BCUT2D eigenvalue weighted by Crippen LogP contribution is 2.53. The van der Waals surface area contributed by atoms with Crippen LogP contribution in [0.15, 0.2) is 54.7 Å². The molecule has 0 N–H and O–H groups in total. The van der Waals surface area contributed by atoms with Crippen molar-refractivity contribution in [2.45, 2.75) is 68.2 Å². The highest BCUT2D eigenvalue weighted by molar-refractivity contribution is 6.17. The van der Waals surface area contributed by atoms with Crippen molar-refractivity contribution >= 4 is 32.3 Å². The zero-order valence-corrected chi connectivity index (χ0v) is 24.5. The molecule has 1 aliphatic heterocycles. The van der Waals surface area contributed by atoms with Crippen LogP contribution in [0.25, 0.3) is 43.6 Å². The van der Waals surface area contributed by atoms with E-state index in [1.807, 2.05) is 0 Å². The van der Waals surface area contributed by atoms with Gasteiger partial charge in [0.2, 0.25) is 5.69 Å². The lowest BCUT2D eigenvalue weighted by Gasteiger charge is -2.29. The van der Waals surface area contributed by atoms with Crippen LogP contribution in [0.2, 0.25) is 0 Å². The first-order chi connectivity index (χ1) is 17.8. The van der Waals surface area contributed by atoms with E-state index in [0.717, 1.165) is 24.3 Å². The number of fused-ring (bicyclic) bond motifs is 5. The van der Waals surface area contributed by atoms with E-state index in [1.165, 1.54) is 65.8 Å². The molecular weight excluding hydrogens is 462 g/mol. The molecule has 0 bridgehead atoms. The number of aromatic nitrogens is 1. The Bertz CT molecular complexity index is 1780. The first-order valence-electron chi connectivity index (χ1n) is 13.9. The molecule has 1 aromatic heterocycles. The number of rotatable bonds is 2. The predicted molar refractivity (Wildman–Crippen MR) is 161 cm³/mol. The number of nitrogens with zero attached hydrogens (tertiary/aromatic N) is 1. The summed E-state index contributed by atoms with van der Waals surface area (Å²) >= 11 is 0. The summed E-state index contributed by atoms with van der Waals surface area (Å²) < 4.78 is 9.35. The molecule has 6 rings (SSSR count). The summed E-state index contributed by atoms with van der Waals surface area (Å²) in [6.45, 7) is 18.4. The molecule has 1 aliphatic rings. The molecule has 0 fully saturated rings. The van der Waals surface area contributed by atoms with Crippen molar-refractivity contribution in [3.63, 3.8) is 0 Å². The van der Waals surface area contributed by atoms with Gasteiger partial charge in [0.1, 0.15) is 18.5 Å². The van der Waals surface area contributed by atoms with Crippen molar-refractivity contribution in [1.82, 2.24) is 0 Å². The van der Waals surface area contributed by atoms with Crippen molar-refractivity contribution in [3.8, 4) is 22.8 Å². The maximum atomic E-state index is 7.05. The number of aryl methyl sites for hydroxylation is 3. The van der Waals surface area contributed by atoms with E-state index in [9.17, 15) is 0 Å². The van der Waals surface area contributed by atoms with Crippen LogP contribution in [0, 0.1) is 24.7 Å². The van der Waals surface area contributed by atoms with Gasteiger partial charge in [-0.3, -0.25) is 0 Å². The van der Waals surface area contributed by atoms with Crippen molar-refractivity contribution in [3.05, 3.63) is 77.0 Å². The van der Waals surface area contributed by atoms with Crippen molar-refractivity contribution in [2.75, 3.05) is 0 Å². The molecule has 5 aromatic rings. The van der Waals surface area contributed by atoms with E-state index in [1.54, 1.807) is 0 Å². The Morgan fingerprint density at radius 1 is 0.763 bits per heavy atom. The lowest BCUT2D eigenvalue weighted by atomic mass is 9.81. The normalized spacial score (nSPS) is 13.3. The third kappa shape index (κ3) is 3.97. The minimum Gasteiger partial charge on any atom is -0.455 e. The molecule has 0 spiro atoms. The van der Waals surface area contributed by atoms with E-state index in [2.05, 4.69) is 122 Å². The van der Waals surface area contributed by atoms with Gasteiger partial charge in [-0.1, -0.05) is 83.5 Å². The topological polar surface area (TPSA) is 13.1 Å². The molecule has 0 saturated carbocycles. The summed E-state index contributed by atoms with van der Waals surface area (Å²) in [5.41, 5.74) is 8.15. The van der Waals surface area contributed by atoms with E-state index >= 15 is 0 Å². The third-order valence-electron chi connectivity index (χ3n) is 7.97. The summed E-state index contributed by atoms with van der Waals surface area (Å²) in [7, 11) is 2.18. The van der Waals surface area contributed by atoms with Gasteiger partial charge in [0.25, 0.3) is 0 Å². The number of pyridine rings is 1. The van der Waals surface area contributed by atoms with Gasteiger partial charge in [-0.25, -0.2) is 4.57 Å². The monoisotopic (exact) mass is 502 g/mol. The number of benzene rings is 4. The minimum atomic E-state index is 0.128. The molecule has 0 saturated heterocycles. The second kappa shape index (κ2) is 8.30. The van der Waals surface area contributed by atoms with Gasteiger partial charge in [-0.15, -0.1) is 0 Å². The SMILES string of the molecule is Cc1ccc2c(C)c3c(c(CC(C)(C)C)c2c1)Oc1cc2cccc(CC(C)(C)C)c2c2cc[n+](C)c-3c12. The Balaban J connectivity index is 1.77. The predicted octanol–water partition coefficient (Wildman–Crippen LogP) is 9.54. The van der Waals surface area contributed by atoms with Gasteiger partial charge >= 0.3 is 0 Å². The average molecular weight is 503 g/mol. The number of hydrogen-bond donors (Lipinski definition) is 0. The molecule has 2 nitrogen and oxygen atoms in total.